The predicted molar refractivity (Wildman–Crippen MR) is 103 cm³/mol. The van der Waals surface area contributed by atoms with Crippen molar-refractivity contribution in [1.82, 2.24) is 9.80 Å². The molecule has 0 aliphatic carbocycles. The number of nitrogens with zero attached hydrogens (tertiary/aromatic N) is 2. The van der Waals surface area contributed by atoms with Crippen LogP contribution in [0.2, 0.25) is 0 Å². The molecule has 0 saturated carbocycles. The highest BCUT2D eigenvalue weighted by Crippen LogP contribution is 2.22. The van der Waals surface area contributed by atoms with Crippen LogP contribution in [-0.4, -0.2) is 61.0 Å². The minimum atomic E-state index is -0.257. The van der Waals surface area contributed by atoms with E-state index in [4.69, 9.17) is 4.74 Å². The Kier molecular flexibility index (Phi) is 4.94. The highest BCUT2D eigenvalue weighted by molar-refractivity contribution is 5.83. The summed E-state index contributed by atoms with van der Waals surface area (Å²) in [6.07, 6.45) is 0.354. The topological polar surface area (TPSA) is 49.9 Å². The molecule has 140 valence electrons. The summed E-state index contributed by atoms with van der Waals surface area (Å²) in [5, 5.41) is 0. The average molecular weight is 364 g/mol. The summed E-state index contributed by atoms with van der Waals surface area (Å²) < 4.78 is 5.60. The van der Waals surface area contributed by atoms with Crippen LogP contribution in [0, 0.1) is 5.92 Å². The molecule has 0 spiro atoms. The zero-order chi connectivity index (χ0) is 18.8. The number of benzene rings is 2. The second kappa shape index (κ2) is 7.53. The van der Waals surface area contributed by atoms with Crippen LogP contribution in [0.1, 0.15) is 5.56 Å². The minimum absolute atomic E-state index is 0.0607. The molecule has 27 heavy (non-hydrogen) atoms. The SMILES string of the molecule is CN1C(=O)[C@H]2COC[C@@H]1CN(C(=O)Cc1ccc(-c3ccccc3)cc1)C2. The Morgan fingerprint density at radius 2 is 1.70 bits per heavy atom. The molecule has 0 N–H and O–H groups in total. The molecule has 2 aliphatic rings. The first-order valence-corrected chi connectivity index (χ1v) is 9.38. The van der Waals surface area contributed by atoms with Crippen LogP contribution in [0.15, 0.2) is 54.6 Å². The fraction of sp³-hybridized carbons (Fsp3) is 0.364. The third-order valence-electron chi connectivity index (χ3n) is 5.51. The lowest BCUT2D eigenvalue weighted by Crippen LogP contribution is -2.45. The highest BCUT2D eigenvalue weighted by atomic mass is 16.5. The van der Waals surface area contributed by atoms with Crippen molar-refractivity contribution < 1.29 is 14.3 Å². The molecule has 2 bridgehead atoms. The van der Waals surface area contributed by atoms with E-state index in [-0.39, 0.29) is 23.8 Å². The predicted octanol–water partition coefficient (Wildman–Crippen LogP) is 2.21. The Balaban J connectivity index is 1.45. The first kappa shape index (κ1) is 17.7. The van der Waals surface area contributed by atoms with Crippen LogP contribution in [0.25, 0.3) is 11.1 Å². The largest absolute Gasteiger partial charge is 0.378 e. The van der Waals surface area contributed by atoms with Gasteiger partial charge in [0.2, 0.25) is 11.8 Å². The summed E-state index contributed by atoms with van der Waals surface area (Å²) in [5.74, 6) is -0.102. The second-order valence-corrected chi connectivity index (χ2v) is 7.38. The van der Waals surface area contributed by atoms with Gasteiger partial charge in [0.15, 0.2) is 0 Å². The van der Waals surface area contributed by atoms with E-state index in [1.54, 1.807) is 4.90 Å². The summed E-state index contributed by atoms with van der Waals surface area (Å²) in [6, 6.07) is 18.3. The van der Waals surface area contributed by atoms with E-state index in [1.807, 2.05) is 42.3 Å². The van der Waals surface area contributed by atoms with Crippen LogP contribution in [0.3, 0.4) is 0 Å². The van der Waals surface area contributed by atoms with Gasteiger partial charge in [0.05, 0.1) is 31.6 Å². The van der Waals surface area contributed by atoms with Crippen LogP contribution in [0.5, 0.6) is 0 Å². The zero-order valence-electron chi connectivity index (χ0n) is 15.5. The van der Waals surface area contributed by atoms with Gasteiger partial charge in [0, 0.05) is 20.1 Å². The Labute approximate surface area is 159 Å². The van der Waals surface area contributed by atoms with E-state index in [2.05, 4.69) is 24.3 Å². The number of likely N-dealkylation sites (N-methyl/N-ethyl adjacent to an activating group) is 1. The molecule has 0 radical (unpaired) electrons. The monoisotopic (exact) mass is 364 g/mol. The number of carbonyl (C=O) groups excluding carboxylic acids is 2. The van der Waals surface area contributed by atoms with Gasteiger partial charge in [-0.1, -0.05) is 54.6 Å². The van der Waals surface area contributed by atoms with Crippen LogP contribution in [-0.2, 0) is 20.7 Å². The molecule has 2 aromatic carbocycles. The fourth-order valence-electron chi connectivity index (χ4n) is 3.83. The van der Waals surface area contributed by atoms with Gasteiger partial charge in [-0.2, -0.15) is 0 Å². The number of fused-ring (bicyclic) bond motifs is 3. The first-order chi connectivity index (χ1) is 13.1. The lowest BCUT2D eigenvalue weighted by molar-refractivity contribution is -0.134. The van der Waals surface area contributed by atoms with Gasteiger partial charge in [-0.05, 0) is 16.7 Å². The van der Waals surface area contributed by atoms with E-state index in [0.29, 0.717) is 32.7 Å². The standard InChI is InChI=1S/C22H24N2O3/c1-23-20-13-24(12-19(22(23)26)14-27-15-20)21(25)11-16-7-9-18(10-8-16)17-5-3-2-4-6-17/h2-10,19-20H,11-15H2,1H3/t19-,20+/m1/s1. The van der Waals surface area contributed by atoms with Gasteiger partial charge >= 0.3 is 0 Å². The van der Waals surface area contributed by atoms with Gasteiger partial charge < -0.3 is 14.5 Å². The molecule has 4 rings (SSSR count). The Morgan fingerprint density at radius 1 is 1.00 bits per heavy atom. The normalized spacial score (nSPS) is 22.5. The summed E-state index contributed by atoms with van der Waals surface area (Å²) in [7, 11) is 1.81. The molecule has 2 aromatic rings. The summed E-state index contributed by atoms with van der Waals surface area (Å²) in [4.78, 5) is 28.9. The molecule has 0 unspecified atom stereocenters. The number of carbonyl (C=O) groups is 2. The summed E-state index contributed by atoms with van der Waals surface area (Å²) in [6.45, 7) is 1.88. The number of rotatable bonds is 3. The van der Waals surface area contributed by atoms with Gasteiger partial charge in [-0.25, -0.2) is 0 Å². The molecule has 2 amide bonds. The van der Waals surface area contributed by atoms with Crippen molar-refractivity contribution in [3.05, 3.63) is 60.2 Å². The van der Waals surface area contributed by atoms with Gasteiger partial charge in [-0.3, -0.25) is 9.59 Å². The molecular formula is C22H24N2O3. The summed E-state index contributed by atoms with van der Waals surface area (Å²) >= 11 is 0. The van der Waals surface area contributed by atoms with E-state index >= 15 is 0 Å². The van der Waals surface area contributed by atoms with Crippen molar-refractivity contribution in [3.8, 4) is 11.1 Å². The highest BCUT2D eigenvalue weighted by Gasteiger charge is 2.38. The quantitative estimate of drug-likeness (QED) is 0.839. The van der Waals surface area contributed by atoms with Crippen molar-refractivity contribution in [1.29, 1.82) is 0 Å². The van der Waals surface area contributed by atoms with Gasteiger partial charge in [-0.15, -0.1) is 0 Å². The molecule has 2 aliphatic heterocycles. The van der Waals surface area contributed by atoms with Crippen molar-refractivity contribution in [2.75, 3.05) is 33.4 Å². The molecule has 0 aromatic heterocycles. The molecular weight excluding hydrogens is 340 g/mol. The Bertz CT molecular complexity index is 819. The third kappa shape index (κ3) is 3.74. The van der Waals surface area contributed by atoms with E-state index in [1.165, 1.54) is 0 Å². The lowest BCUT2D eigenvalue weighted by Gasteiger charge is -2.29. The molecule has 2 saturated heterocycles. The van der Waals surface area contributed by atoms with Crippen LogP contribution < -0.4 is 0 Å². The third-order valence-corrected chi connectivity index (χ3v) is 5.51. The fourth-order valence-corrected chi connectivity index (χ4v) is 3.83. The molecule has 5 heteroatoms. The van der Waals surface area contributed by atoms with Crippen molar-refractivity contribution in [2.24, 2.45) is 5.92 Å². The van der Waals surface area contributed by atoms with E-state index in [9.17, 15) is 9.59 Å². The Morgan fingerprint density at radius 3 is 2.44 bits per heavy atom. The summed E-state index contributed by atoms with van der Waals surface area (Å²) in [5.41, 5.74) is 3.29. The molecule has 5 nitrogen and oxygen atoms in total. The van der Waals surface area contributed by atoms with Crippen molar-refractivity contribution in [3.63, 3.8) is 0 Å². The molecule has 2 fully saturated rings. The van der Waals surface area contributed by atoms with Crippen LogP contribution >= 0.6 is 0 Å². The van der Waals surface area contributed by atoms with Crippen molar-refractivity contribution >= 4 is 11.8 Å². The number of ether oxygens (including phenoxy) is 1. The minimum Gasteiger partial charge on any atom is -0.378 e. The van der Waals surface area contributed by atoms with Gasteiger partial charge in [0.1, 0.15) is 0 Å². The number of hydrogen-bond acceptors (Lipinski definition) is 3. The smallest absolute Gasteiger partial charge is 0.229 e. The van der Waals surface area contributed by atoms with E-state index in [0.717, 1.165) is 16.7 Å². The number of hydrogen-bond donors (Lipinski definition) is 0. The zero-order valence-corrected chi connectivity index (χ0v) is 15.5. The maximum atomic E-state index is 12.9. The number of amides is 2. The molecule has 2 heterocycles. The molecule has 2 atom stereocenters. The second-order valence-electron chi connectivity index (χ2n) is 7.38. The van der Waals surface area contributed by atoms with Crippen molar-refractivity contribution in [2.45, 2.75) is 12.5 Å². The maximum absolute atomic E-state index is 12.9. The van der Waals surface area contributed by atoms with Crippen LogP contribution in [0.4, 0.5) is 0 Å². The first-order valence-electron chi connectivity index (χ1n) is 9.38. The Hall–Kier alpha value is -2.66. The van der Waals surface area contributed by atoms with Gasteiger partial charge in [0.25, 0.3) is 0 Å². The maximum Gasteiger partial charge on any atom is 0.229 e. The van der Waals surface area contributed by atoms with E-state index < -0.39 is 0 Å². The lowest BCUT2D eigenvalue weighted by atomic mass is 10.0. The average Bonchev–Trinajstić information content (AvgIpc) is 2.88.